The fourth-order valence-corrected chi connectivity index (χ4v) is 5.81. The van der Waals surface area contributed by atoms with E-state index in [4.69, 9.17) is 25.7 Å². The van der Waals surface area contributed by atoms with Crippen molar-refractivity contribution in [3.05, 3.63) is 90.0 Å². The van der Waals surface area contributed by atoms with Gasteiger partial charge >= 0.3 is 11.9 Å². The summed E-state index contributed by atoms with van der Waals surface area (Å²) >= 11 is 0. The van der Waals surface area contributed by atoms with Gasteiger partial charge in [-0.05, 0) is 68.1 Å². The molecule has 1 spiro atoms. The standard InChI is InChI=1S/C30H32N2O9.C6H6O/c1-2-39-22-11-13-25(28(36)37)30(19-22)29(38)32(30)15-7-6-14-31-26(33)24-18-21(10-12-23(24)27(34)35)41-17-16-40-20-8-4-3-5-9-20;7-6-4-2-1-3-5-6/h1,3-5,8-10,12,18,22,25H,6-7,11,13-17,19H2,(H,31,33)(H,34,35)(H,36,37);1-5,7H. The predicted octanol–water partition coefficient (Wildman–Crippen LogP) is 4.19. The number of carboxylic acid groups (broad SMARTS) is 2. The van der Waals surface area contributed by atoms with E-state index >= 15 is 0 Å². The third-order valence-electron chi connectivity index (χ3n) is 8.15. The molecule has 3 atom stereocenters. The minimum Gasteiger partial charge on any atom is -0.508 e. The van der Waals surface area contributed by atoms with Crippen molar-refractivity contribution < 1.29 is 48.7 Å². The Bertz CT molecular complexity index is 1610. The number of benzene rings is 3. The summed E-state index contributed by atoms with van der Waals surface area (Å²) in [7, 11) is 0. The largest absolute Gasteiger partial charge is 0.508 e. The van der Waals surface area contributed by atoms with E-state index in [-0.39, 0.29) is 49.3 Å². The molecule has 252 valence electrons. The van der Waals surface area contributed by atoms with Crippen LogP contribution < -0.4 is 14.8 Å². The van der Waals surface area contributed by atoms with Crippen LogP contribution in [0.25, 0.3) is 0 Å². The number of aromatic hydroxyl groups is 1. The van der Waals surface area contributed by atoms with Gasteiger partial charge in [0.05, 0.1) is 17.0 Å². The van der Waals surface area contributed by atoms with Crippen LogP contribution >= 0.6 is 0 Å². The van der Waals surface area contributed by atoms with E-state index in [0.29, 0.717) is 49.5 Å². The van der Waals surface area contributed by atoms with Crippen LogP contribution in [0.2, 0.25) is 0 Å². The van der Waals surface area contributed by atoms with E-state index in [9.17, 15) is 29.4 Å². The molecule has 1 aliphatic carbocycles. The smallest absolute Gasteiger partial charge is 0.336 e. The van der Waals surface area contributed by atoms with E-state index < -0.39 is 29.3 Å². The third-order valence-corrected chi connectivity index (χ3v) is 8.15. The lowest BCUT2D eigenvalue weighted by atomic mass is 9.76. The van der Waals surface area contributed by atoms with Crippen molar-refractivity contribution in [3.63, 3.8) is 0 Å². The summed E-state index contributed by atoms with van der Waals surface area (Å²) in [5.74, 6) is -2.53. The summed E-state index contributed by atoms with van der Waals surface area (Å²) in [6, 6.07) is 22.1. The maximum Gasteiger partial charge on any atom is 0.336 e. The van der Waals surface area contributed by atoms with E-state index in [1.54, 1.807) is 29.2 Å². The average molecular weight is 659 g/mol. The number of hydrogen-bond donors (Lipinski definition) is 4. The maximum atomic E-state index is 12.8. The number of phenols is 1. The highest BCUT2D eigenvalue weighted by molar-refractivity contribution is 6.06. The highest BCUT2D eigenvalue weighted by Gasteiger charge is 2.70. The second kappa shape index (κ2) is 16.7. The highest BCUT2D eigenvalue weighted by Crippen LogP contribution is 2.51. The van der Waals surface area contributed by atoms with Gasteiger partial charge in [-0.3, -0.25) is 14.4 Å². The fraction of sp³-hybridized carbons (Fsp3) is 0.333. The van der Waals surface area contributed by atoms with Crippen LogP contribution in [0.5, 0.6) is 17.2 Å². The number of aromatic carboxylic acids is 1. The zero-order chi connectivity index (χ0) is 34.5. The van der Waals surface area contributed by atoms with Crippen LogP contribution in [0.15, 0.2) is 78.9 Å². The summed E-state index contributed by atoms with van der Waals surface area (Å²) in [5.41, 5.74) is -1.30. The van der Waals surface area contributed by atoms with Crippen molar-refractivity contribution >= 4 is 23.8 Å². The number of terminal acetylenes is 1. The second-order valence-electron chi connectivity index (χ2n) is 11.2. The fourth-order valence-electron chi connectivity index (χ4n) is 5.81. The first kappa shape index (κ1) is 35.2. The van der Waals surface area contributed by atoms with Gasteiger partial charge in [0.1, 0.15) is 48.2 Å². The number of carbonyl (C=O) groups excluding carboxylic acids is 2. The van der Waals surface area contributed by atoms with Gasteiger partial charge in [-0.15, -0.1) is 0 Å². The van der Waals surface area contributed by atoms with Gasteiger partial charge in [-0.2, -0.15) is 0 Å². The molecule has 3 unspecified atom stereocenters. The molecular weight excluding hydrogens is 620 g/mol. The molecule has 2 fully saturated rings. The third kappa shape index (κ3) is 8.97. The molecule has 2 amide bonds. The number of unbranched alkanes of at least 4 members (excludes halogenated alkanes) is 1. The van der Waals surface area contributed by atoms with Gasteiger partial charge < -0.3 is 39.7 Å². The van der Waals surface area contributed by atoms with Crippen molar-refractivity contribution in [2.45, 2.75) is 43.7 Å². The molecule has 1 saturated carbocycles. The van der Waals surface area contributed by atoms with Crippen molar-refractivity contribution in [1.82, 2.24) is 10.2 Å². The minimum atomic E-state index is -1.24. The molecule has 5 rings (SSSR count). The van der Waals surface area contributed by atoms with Crippen LogP contribution in [0.4, 0.5) is 0 Å². The number of para-hydroxylation sites is 2. The zero-order valence-corrected chi connectivity index (χ0v) is 26.2. The monoisotopic (exact) mass is 658 g/mol. The Morgan fingerprint density at radius 3 is 2.17 bits per heavy atom. The van der Waals surface area contributed by atoms with Crippen LogP contribution in [-0.2, 0) is 14.3 Å². The number of nitrogens with zero attached hydrogens (tertiary/aromatic N) is 1. The first-order chi connectivity index (χ1) is 23.2. The van der Waals surface area contributed by atoms with Crippen LogP contribution in [0.1, 0.15) is 52.8 Å². The topological polar surface area (TPSA) is 172 Å². The van der Waals surface area contributed by atoms with E-state index in [1.165, 1.54) is 18.2 Å². The predicted molar refractivity (Wildman–Crippen MR) is 174 cm³/mol. The molecule has 0 radical (unpaired) electrons. The highest BCUT2D eigenvalue weighted by atomic mass is 16.5. The lowest BCUT2D eigenvalue weighted by Gasteiger charge is -2.31. The van der Waals surface area contributed by atoms with Gasteiger partial charge in [-0.1, -0.05) is 42.8 Å². The number of ether oxygens (including phenoxy) is 3. The molecule has 1 heterocycles. The molecular formula is C36H38N2O10. The molecule has 0 bridgehead atoms. The molecule has 3 aromatic rings. The van der Waals surface area contributed by atoms with Gasteiger partial charge in [0.25, 0.3) is 11.8 Å². The summed E-state index contributed by atoms with van der Waals surface area (Å²) < 4.78 is 16.4. The Balaban J connectivity index is 0.000000659. The molecule has 2 aliphatic rings. The Morgan fingerprint density at radius 2 is 1.56 bits per heavy atom. The molecule has 3 aromatic carbocycles. The van der Waals surface area contributed by atoms with E-state index in [1.807, 2.05) is 36.4 Å². The first-order valence-corrected chi connectivity index (χ1v) is 15.5. The quantitative estimate of drug-likeness (QED) is 0.112. The summed E-state index contributed by atoms with van der Waals surface area (Å²) in [6.07, 6.45) is 8.99. The van der Waals surface area contributed by atoms with Crippen molar-refractivity contribution in [1.29, 1.82) is 0 Å². The molecule has 0 aromatic heterocycles. The number of nitrogens with one attached hydrogen (secondary N) is 1. The molecule has 1 saturated heterocycles. The van der Waals surface area contributed by atoms with Gasteiger partial charge in [-0.25, -0.2) is 4.79 Å². The van der Waals surface area contributed by atoms with E-state index in [2.05, 4.69) is 11.4 Å². The number of carboxylic acids is 2. The second-order valence-corrected chi connectivity index (χ2v) is 11.2. The number of hydrogen-bond acceptors (Lipinski definition) is 8. The van der Waals surface area contributed by atoms with Gasteiger partial charge in [0.2, 0.25) is 0 Å². The number of amides is 2. The molecule has 48 heavy (non-hydrogen) atoms. The van der Waals surface area contributed by atoms with Crippen molar-refractivity contribution in [2.75, 3.05) is 26.3 Å². The molecule has 4 N–H and O–H groups in total. The van der Waals surface area contributed by atoms with Crippen molar-refractivity contribution in [3.8, 4) is 29.8 Å². The Hall–Kier alpha value is -5.70. The van der Waals surface area contributed by atoms with Crippen LogP contribution in [-0.4, -0.2) is 81.9 Å². The minimum absolute atomic E-state index is 0.0369. The summed E-state index contributed by atoms with van der Waals surface area (Å²) in [5, 5.41) is 30.6. The molecule has 12 heteroatoms. The normalized spacial score (nSPS) is 19.2. The van der Waals surface area contributed by atoms with Gasteiger partial charge in [0.15, 0.2) is 0 Å². The summed E-state index contributed by atoms with van der Waals surface area (Å²) in [6.45, 7) is 1.01. The Labute approximate surface area is 278 Å². The first-order valence-electron chi connectivity index (χ1n) is 15.5. The van der Waals surface area contributed by atoms with Crippen LogP contribution in [0, 0.1) is 18.4 Å². The van der Waals surface area contributed by atoms with Crippen LogP contribution in [0.3, 0.4) is 0 Å². The lowest BCUT2D eigenvalue weighted by molar-refractivity contribution is -0.146. The Kier molecular flexibility index (Phi) is 12.3. The number of phenolic OH excluding ortho intramolecular Hbond substituents is 1. The lowest BCUT2D eigenvalue weighted by Crippen LogP contribution is -2.43. The maximum absolute atomic E-state index is 12.8. The number of aliphatic carboxylic acids is 1. The number of rotatable bonds is 14. The zero-order valence-electron chi connectivity index (χ0n) is 26.2. The van der Waals surface area contributed by atoms with Crippen molar-refractivity contribution in [2.24, 2.45) is 5.92 Å². The molecule has 12 nitrogen and oxygen atoms in total. The molecule has 1 aliphatic heterocycles. The SMILES string of the molecule is C#COC1CCC(C(=O)O)C2(C1)C(=O)N2CCCCNC(=O)c1cc(OCCOc2ccccc2)ccc1C(=O)O.Oc1ccccc1. The summed E-state index contributed by atoms with van der Waals surface area (Å²) in [4.78, 5) is 50.6. The Morgan fingerprint density at radius 1 is 0.896 bits per heavy atom. The number of carbonyl (C=O) groups is 4. The van der Waals surface area contributed by atoms with E-state index in [0.717, 1.165) is 0 Å². The van der Waals surface area contributed by atoms with Gasteiger partial charge in [0, 0.05) is 19.5 Å². The average Bonchev–Trinajstić information content (AvgIpc) is 3.62.